The van der Waals surface area contributed by atoms with Crippen LogP contribution < -0.4 is 0 Å². The lowest BCUT2D eigenvalue weighted by atomic mass is 10.1. The second-order valence-corrected chi connectivity index (χ2v) is 5.43. The van der Waals surface area contributed by atoms with Crippen molar-refractivity contribution >= 4 is 0 Å². The Morgan fingerprint density at radius 3 is 2.71 bits per heavy atom. The van der Waals surface area contributed by atoms with E-state index in [-0.39, 0.29) is 5.82 Å². The topological polar surface area (TPSA) is 19.4 Å². The Morgan fingerprint density at radius 1 is 1.19 bits per heavy atom. The molecule has 0 N–H and O–H groups in total. The second-order valence-electron chi connectivity index (χ2n) is 5.43. The highest BCUT2D eigenvalue weighted by Gasteiger charge is 2.11. The number of pyridine rings is 1. The van der Waals surface area contributed by atoms with E-state index in [4.69, 9.17) is 0 Å². The molecule has 1 aromatic heterocycles. The molecule has 3 nitrogen and oxygen atoms in total. The van der Waals surface area contributed by atoms with E-state index in [9.17, 15) is 4.39 Å². The number of nitrogens with zero attached hydrogens (tertiary/aromatic N) is 3. The summed E-state index contributed by atoms with van der Waals surface area (Å²) >= 11 is 0. The fraction of sp³-hybridized carbons (Fsp3) is 0.235. The summed E-state index contributed by atoms with van der Waals surface area (Å²) in [4.78, 5) is 8.72. The first kappa shape index (κ1) is 13.6. The fourth-order valence-electron chi connectivity index (χ4n) is 2.45. The van der Waals surface area contributed by atoms with Crippen LogP contribution in [-0.4, -0.2) is 28.5 Å². The van der Waals surface area contributed by atoms with E-state index in [1.807, 2.05) is 37.6 Å². The second kappa shape index (κ2) is 5.56. The van der Waals surface area contributed by atoms with E-state index in [1.165, 1.54) is 0 Å². The number of hydrogen-bond donors (Lipinski definition) is 0. The summed E-state index contributed by atoms with van der Waals surface area (Å²) < 4.78 is 14.1. The molecular formula is C17H18FN3. The van der Waals surface area contributed by atoms with E-state index < -0.39 is 0 Å². The van der Waals surface area contributed by atoms with Gasteiger partial charge in [-0.1, -0.05) is 18.2 Å². The molecule has 1 aromatic carbocycles. The molecule has 108 valence electrons. The molecule has 0 bridgehead atoms. The van der Waals surface area contributed by atoms with Crippen LogP contribution in [0, 0.1) is 12.7 Å². The summed E-state index contributed by atoms with van der Waals surface area (Å²) in [5.41, 5.74) is 2.99. The zero-order chi connectivity index (χ0) is 14.8. The van der Waals surface area contributed by atoms with Crippen molar-refractivity contribution in [2.24, 2.45) is 0 Å². The number of halogens is 1. The van der Waals surface area contributed by atoms with Crippen molar-refractivity contribution in [1.29, 1.82) is 0 Å². The molecule has 0 radical (unpaired) electrons. The van der Waals surface area contributed by atoms with Gasteiger partial charge in [-0.3, -0.25) is 4.98 Å². The largest absolute Gasteiger partial charge is 0.362 e. The number of hydrogen-bond acceptors (Lipinski definition) is 3. The lowest BCUT2D eigenvalue weighted by Gasteiger charge is -2.18. The molecule has 2 aromatic rings. The highest BCUT2D eigenvalue weighted by Crippen LogP contribution is 2.23. The minimum absolute atomic E-state index is 0.193. The maximum Gasteiger partial charge on any atom is 0.135 e. The van der Waals surface area contributed by atoms with Crippen LogP contribution in [0.4, 0.5) is 4.39 Å². The third-order valence-electron chi connectivity index (χ3n) is 3.61. The minimum Gasteiger partial charge on any atom is -0.362 e. The Kier molecular flexibility index (Phi) is 3.60. The van der Waals surface area contributed by atoms with Gasteiger partial charge in [0, 0.05) is 37.8 Å². The maximum absolute atomic E-state index is 14.1. The molecule has 1 aliphatic rings. The fourth-order valence-corrected chi connectivity index (χ4v) is 2.45. The van der Waals surface area contributed by atoms with Crippen LogP contribution in [-0.2, 0) is 6.54 Å². The van der Waals surface area contributed by atoms with Gasteiger partial charge in [-0.15, -0.1) is 0 Å². The van der Waals surface area contributed by atoms with E-state index >= 15 is 0 Å². The molecule has 0 saturated heterocycles. The average Bonchev–Trinajstić information content (AvgIpc) is 2.88. The predicted octanol–water partition coefficient (Wildman–Crippen LogP) is 3.37. The van der Waals surface area contributed by atoms with Crippen LogP contribution in [0.1, 0.15) is 11.1 Å². The van der Waals surface area contributed by atoms with Crippen molar-refractivity contribution < 1.29 is 4.39 Å². The van der Waals surface area contributed by atoms with Gasteiger partial charge in [0.05, 0.1) is 12.4 Å². The first-order valence-electron chi connectivity index (χ1n) is 6.96. The van der Waals surface area contributed by atoms with E-state index in [2.05, 4.69) is 21.0 Å². The summed E-state index contributed by atoms with van der Waals surface area (Å²) in [6, 6.07) is 9.28. The molecular weight excluding hydrogens is 265 g/mol. The summed E-state index contributed by atoms with van der Waals surface area (Å²) in [5.74, 6) is -0.193. The van der Waals surface area contributed by atoms with Crippen molar-refractivity contribution in [1.82, 2.24) is 14.8 Å². The molecule has 0 aliphatic carbocycles. The minimum atomic E-state index is -0.193. The Bertz CT molecular complexity index is 664. The van der Waals surface area contributed by atoms with E-state index in [0.717, 1.165) is 18.8 Å². The van der Waals surface area contributed by atoms with Crippen LogP contribution in [0.15, 0.2) is 48.9 Å². The first-order valence-corrected chi connectivity index (χ1v) is 6.96. The van der Waals surface area contributed by atoms with Gasteiger partial charge in [-0.05, 0) is 30.2 Å². The molecule has 21 heavy (non-hydrogen) atoms. The molecule has 0 spiro atoms. The van der Waals surface area contributed by atoms with Crippen LogP contribution in [0.3, 0.4) is 0 Å². The quantitative estimate of drug-likeness (QED) is 0.861. The van der Waals surface area contributed by atoms with Crippen molar-refractivity contribution in [2.45, 2.75) is 13.5 Å². The Balaban J connectivity index is 1.78. The van der Waals surface area contributed by atoms with Gasteiger partial charge in [0.2, 0.25) is 0 Å². The summed E-state index contributed by atoms with van der Waals surface area (Å²) in [5, 5.41) is 0. The number of benzene rings is 1. The van der Waals surface area contributed by atoms with Crippen LogP contribution in [0.25, 0.3) is 11.3 Å². The molecule has 4 heteroatoms. The van der Waals surface area contributed by atoms with Gasteiger partial charge in [-0.2, -0.15) is 0 Å². The van der Waals surface area contributed by atoms with Crippen molar-refractivity contribution in [2.75, 3.05) is 13.7 Å². The monoisotopic (exact) mass is 283 g/mol. The van der Waals surface area contributed by atoms with Gasteiger partial charge < -0.3 is 9.80 Å². The summed E-state index contributed by atoms with van der Waals surface area (Å²) in [7, 11) is 2.04. The van der Waals surface area contributed by atoms with Gasteiger partial charge in [-0.25, -0.2) is 4.39 Å². The zero-order valence-corrected chi connectivity index (χ0v) is 12.3. The molecule has 0 atom stereocenters. The molecule has 0 amide bonds. The molecule has 3 rings (SSSR count). The van der Waals surface area contributed by atoms with Gasteiger partial charge in [0.25, 0.3) is 0 Å². The SMILES string of the molecule is Cc1cccc(-c2ccc(CN3C=CN(C)C3)cn2)c1F. The zero-order valence-electron chi connectivity index (χ0n) is 12.3. The summed E-state index contributed by atoms with van der Waals surface area (Å²) in [6.07, 6.45) is 5.93. The van der Waals surface area contributed by atoms with E-state index in [1.54, 1.807) is 19.1 Å². The standard InChI is InChI=1S/C17H18FN3/c1-13-4-3-5-15(17(13)18)16-7-6-14(10-19-16)11-21-9-8-20(2)12-21/h3-10H,11-12H2,1-2H3. The number of rotatable bonds is 3. The number of aromatic nitrogens is 1. The lowest BCUT2D eigenvalue weighted by Crippen LogP contribution is -2.21. The lowest BCUT2D eigenvalue weighted by molar-refractivity contribution is 0.290. The van der Waals surface area contributed by atoms with E-state index in [0.29, 0.717) is 16.8 Å². The van der Waals surface area contributed by atoms with Crippen molar-refractivity contribution in [3.63, 3.8) is 0 Å². The Hall–Kier alpha value is -2.36. The van der Waals surface area contributed by atoms with Gasteiger partial charge in [0.1, 0.15) is 5.82 Å². The number of aryl methyl sites for hydroxylation is 1. The first-order chi connectivity index (χ1) is 10.1. The average molecular weight is 283 g/mol. The highest BCUT2D eigenvalue weighted by atomic mass is 19.1. The molecule has 0 fully saturated rings. The molecule has 1 aliphatic heterocycles. The van der Waals surface area contributed by atoms with Crippen molar-refractivity contribution in [3.8, 4) is 11.3 Å². The van der Waals surface area contributed by atoms with Crippen molar-refractivity contribution in [3.05, 3.63) is 65.9 Å². The van der Waals surface area contributed by atoms with Crippen LogP contribution in [0.5, 0.6) is 0 Å². The van der Waals surface area contributed by atoms with Crippen LogP contribution >= 0.6 is 0 Å². The third kappa shape index (κ3) is 2.89. The Morgan fingerprint density at radius 2 is 2.05 bits per heavy atom. The van der Waals surface area contributed by atoms with Gasteiger partial charge >= 0.3 is 0 Å². The Labute approximate surface area is 124 Å². The predicted molar refractivity (Wildman–Crippen MR) is 81.7 cm³/mol. The summed E-state index contributed by atoms with van der Waals surface area (Å²) in [6.45, 7) is 3.46. The van der Waals surface area contributed by atoms with Gasteiger partial charge in [0.15, 0.2) is 0 Å². The smallest absolute Gasteiger partial charge is 0.135 e. The maximum atomic E-state index is 14.1. The normalized spacial score (nSPS) is 14.0. The van der Waals surface area contributed by atoms with Crippen LogP contribution in [0.2, 0.25) is 0 Å². The molecule has 2 heterocycles. The molecule has 0 unspecified atom stereocenters. The highest BCUT2D eigenvalue weighted by molar-refractivity contribution is 5.61. The third-order valence-corrected chi connectivity index (χ3v) is 3.61. The molecule has 0 saturated carbocycles.